The Hall–Kier alpha value is -1.74. The molecule has 3 heteroatoms. The first-order valence-corrected chi connectivity index (χ1v) is 7.55. The maximum atomic E-state index is 5.88. The molecule has 0 saturated carbocycles. The summed E-state index contributed by atoms with van der Waals surface area (Å²) in [5.74, 6) is 2.02. The molecule has 0 aliphatic carbocycles. The third-order valence-corrected chi connectivity index (χ3v) is 3.64. The van der Waals surface area contributed by atoms with E-state index in [9.17, 15) is 0 Å². The lowest BCUT2D eigenvalue weighted by molar-refractivity contribution is 0.476. The SMILES string of the molecule is Cc1ccc(N(C)Cc2cc(CNC(C)C)c(C)o2)cc1. The molecule has 3 nitrogen and oxygen atoms in total. The molecule has 0 aliphatic heterocycles. The molecule has 114 valence electrons. The van der Waals surface area contributed by atoms with Gasteiger partial charge in [0.25, 0.3) is 0 Å². The Morgan fingerprint density at radius 1 is 1.14 bits per heavy atom. The minimum Gasteiger partial charge on any atom is -0.464 e. The zero-order valence-corrected chi connectivity index (χ0v) is 13.7. The smallest absolute Gasteiger partial charge is 0.123 e. The van der Waals surface area contributed by atoms with Gasteiger partial charge in [-0.15, -0.1) is 0 Å². The fraction of sp³-hybridized carbons (Fsp3) is 0.444. The van der Waals surface area contributed by atoms with Crippen LogP contribution >= 0.6 is 0 Å². The largest absolute Gasteiger partial charge is 0.464 e. The van der Waals surface area contributed by atoms with Gasteiger partial charge in [0.15, 0.2) is 0 Å². The molecule has 2 aromatic rings. The second-order valence-corrected chi connectivity index (χ2v) is 6.02. The summed E-state index contributed by atoms with van der Waals surface area (Å²) >= 11 is 0. The second-order valence-electron chi connectivity index (χ2n) is 6.02. The van der Waals surface area contributed by atoms with Gasteiger partial charge in [0.2, 0.25) is 0 Å². The average Bonchev–Trinajstić information content (AvgIpc) is 2.77. The van der Waals surface area contributed by atoms with E-state index in [1.165, 1.54) is 16.8 Å². The van der Waals surface area contributed by atoms with Crippen molar-refractivity contribution in [3.63, 3.8) is 0 Å². The van der Waals surface area contributed by atoms with Crippen LogP contribution in [0.4, 0.5) is 5.69 Å². The first-order chi connectivity index (χ1) is 9.95. The first-order valence-electron chi connectivity index (χ1n) is 7.55. The predicted octanol–water partition coefficient (Wildman–Crippen LogP) is 4.03. The summed E-state index contributed by atoms with van der Waals surface area (Å²) in [6, 6.07) is 11.2. The van der Waals surface area contributed by atoms with Crippen LogP contribution in [0.3, 0.4) is 0 Å². The highest BCUT2D eigenvalue weighted by Crippen LogP contribution is 2.20. The van der Waals surface area contributed by atoms with E-state index in [0.717, 1.165) is 24.6 Å². The van der Waals surface area contributed by atoms with Gasteiger partial charge in [0.05, 0.1) is 6.54 Å². The van der Waals surface area contributed by atoms with Crippen molar-refractivity contribution >= 4 is 5.69 Å². The Kier molecular flexibility index (Phi) is 5.07. The molecule has 0 amide bonds. The third kappa shape index (κ3) is 4.36. The Labute approximate surface area is 128 Å². The highest BCUT2D eigenvalue weighted by Gasteiger charge is 2.10. The molecule has 2 rings (SSSR count). The molecule has 0 aliphatic rings. The van der Waals surface area contributed by atoms with Gasteiger partial charge in [-0.05, 0) is 32.0 Å². The Morgan fingerprint density at radius 2 is 1.81 bits per heavy atom. The van der Waals surface area contributed by atoms with Crippen LogP contribution in [-0.4, -0.2) is 13.1 Å². The van der Waals surface area contributed by atoms with E-state index in [2.05, 4.69) is 68.4 Å². The Morgan fingerprint density at radius 3 is 2.43 bits per heavy atom. The van der Waals surface area contributed by atoms with Crippen molar-refractivity contribution in [3.8, 4) is 0 Å². The number of hydrogen-bond donors (Lipinski definition) is 1. The number of benzene rings is 1. The molecular formula is C18H26N2O. The summed E-state index contributed by atoms with van der Waals surface area (Å²) in [5, 5.41) is 3.43. The molecule has 0 bridgehead atoms. The molecule has 0 spiro atoms. The molecule has 1 aromatic heterocycles. The van der Waals surface area contributed by atoms with E-state index in [-0.39, 0.29) is 0 Å². The van der Waals surface area contributed by atoms with Gasteiger partial charge >= 0.3 is 0 Å². The van der Waals surface area contributed by atoms with Crippen molar-refractivity contribution in [1.82, 2.24) is 5.32 Å². The van der Waals surface area contributed by atoms with Gasteiger partial charge in [0, 0.05) is 30.9 Å². The van der Waals surface area contributed by atoms with Gasteiger partial charge in [-0.1, -0.05) is 31.5 Å². The van der Waals surface area contributed by atoms with Crippen LogP contribution in [0.2, 0.25) is 0 Å². The quantitative estimate of drug-likeness (QED) is 0.869. The lowest BCUT2D eigenvalue weighted by Gasteiger charge is -2.17. The monoisotopic (exact) mass is 286 g/mol. The lowest BCUT2D eigenvalue weighted by Crippen LogP contribution is -2.21. The fourth-order valence-electron chi connectivity index (χ4n) is 2.28. The first kappa shape index (κ1) is 15.6. The van der Waals surface area contributed by atoms with Crippen LogP contribution < -0.4 is 10.2 Å². The predicted molar refractivity (Wildman–Crippen MR) is 88.7 cm³/mol. The zero-order valence-electron chi connectivity index (χ0n) is 13.7. The Balaban J connectivity index is 2.02. The minimum atomic E-state index is 0.484. The third-order valence-electron chi connectivity index (χ3n) is 3.64. The average molecular weight is 286 g/mol. The molecule has 0 fully saturated rings. The van der Waals surface area contributed by atoms with Crippen LogP contribution in [0.1, 0.15) is 36.5 Å². The van der Waals surface area contributed by atoms with E-state index < -0.39 is 0 Å². The number of nitrogens with zero attached hydrogens (tertiary/aromatic N) is 1. The summed E-state index contributed by atoms with van der Waals surface area (Å²) < 4.78 is 5.88. The van der Waals surface area contributed by atoms with Gasteiger partial charge < -0.3 is 14.6 Å². The fourth-order valence-corrected chi connectivity index (χ4v) is 2.28. The maximum Gasteiger partial charge on any atom is 0.123 e. The molecule has 1 N–H and O–H groups in total. The van der Waals surface area contributed by atoms with Gasteiger partial charge in [-0.3, -0.25) is 0 Å². The topological polar surface area (TPSA) is 28.4 Å². The molecule has 0 saturated heterocycles. The summed E-state index contributed by atoms with van der Waals surface area (Å²) in [4.78, 5) is 2.21. The van der Waals surface area contributed by atoms with E-state index in [0.29, 0.717) is 6.04 Å². The van der Waals surface area contributed by atoms with Crippen molar-refractivity contribution in [2.24, 2.45) is 0 Å². The number of anilines is 1. The summed E-state index contributed by atoms with van der Waals surface area (Å²) in [6.45, 7) is 10.1. The van der Waals surface area contributed by atoms with E-state index in [4.69, 9.17) is 4.42 Å². The lowest BCUT2D eigenvalue weighted by atomic mass is 10.2. The van der Waals surface area contributed by atoms with Crippen LogP contribution in [0.15, 0.2) is 34.7 Å². The molecule has 0 atom stereocenters. The normalized spacial score (nSPS) is 11.1. The van der Waals surface area contributed by atoms with Crippen LogP contribution in [0.5, 0.6) is 0 Å². The van der Waals surface area contributed by atoms with Crippen LogP contribution in [0.25, 0.3) is 0 Å². The van der Waals surface area contributed by atoms with E-state index in [1.807, 2.05) is 6.92 Å². The van der Waals surface area contributed by atoms with Gasteiger partial charge in [0.1, 0.15) is 11.5 Å². The molecule has 0 unspecified atom stereocenters. The van der Waals surface area contributed by atoms with Crippen molar-refractivity contribution in [2.75, 3.05) is 11.9 Å². The van der Waals surface area contributed by atoms with Crippen molar-refractivity contribution in [3.05, 3.63) is 53.0 Å². The summed E-state index contributed by atoms with van der Waals surface area (Å²) in [7, 11) is 2.09. The van der Waals surface area contributed by atoms with Crippen LogP contribution in [0, 0.1) is 13.8 Å². The van der Waals surface area contributed by atoms with Crippen LogP contribution in [-0.2, 0) is 13.1 Å². The number of furan rings is 1. The van der Waals surface area contributed by atoms with Crippen molar-refractivity contribution in [1.29, 1.82) is 0 Å². The van der Waals surface area contributed by atoms with Crippen molar-refractivity contribution in [2.45, 2.75) is 46.8 Å². The standard InChI is InChI=1S/C18H26N2O/c1-13(2)19-11-16-10-18(21-15(16)4)12-20(5)17-8-6-14(3)7-9-17/h6-10,13,19H,11-12H2,1-5H3. The zero-order chi connectivity index (χ0) is 15.4. The van der Waals surface area contributed by atoms with E-state index >= 15 is 0 Å². The maximum absolute atomic E-state index is 5.88. The van der Waals surface area contributed by atoms with Crippen molar-refractivity contribution < 1.29 is 4.42 Å². The second kappa shape index (κ2) is 6.81. The van der Waals surface area contributed by atoms with Gasteiger partial charge in [-0.2, -0.15) is 0 Å². The van der Waals surface area contributed by atoms with Gasteiger partial charge in [-0.25, -0.2) is 0 Å². The molecular weight excluding hydrogens is 260 g/mol. The summed E-state index contributed by atoms with van der Waals surface area (Å²) in [5.41, 5.74) is 3.73. The Bertz CT molecular complexity index is 569. The number of aryl methyl sites for hydroxylation is 2. The highest BCUT2D eigenvalue weighted by atomic mass is 16.3. The molecule has 0 radical (unpaired) electrons. The molecule has 1 heterocycles. The number of hydrogen-bond acceptors (Lipinski definition) is 3. The minimum absolute atomic E-state index is 0.484. The number of rotatable bonds is 6. The molecule has 1 aromatic carbocycles. The molecule has 21 heavy (non-hydrogen) atoms. The number of nitrogens with one attached hydrogen (secondary N) is 1. The summed E-state index contributed by atoms with van der Waals surface area (Å²) in [6.07, 6.45) is 0. The van der Waals surface area contributed by atoms with E-state index in [1.54, 1.807) is 0 Å². The highest BCUT2D eigenvalue weighted by molar-refractivity contribution is 5.47.